The summed E-state index contributed by atoms with van der Waals surface area (Å²) < 4.78 is 88.8. The topological polar surface area (TPSA) is 106 Å². The van der Waals surface area contributed by atoms with Gasteiger partial charge in [0, 0.05) is 38.2 Å². The first-order valence-electron chi connectivity index (χ1n) is 13.4. The number of hydrogen-bond acceptors (Lipinski definition) is 5. The number of nitrogens with zero attached hydrogens (tertiary/aromatic N) is 3. The normalized spacial score (nSPS) is 14.3. The van der Waals surface area contributed by atoms with Gasteiger partial charge in [-0.3, -0.25) is 9.59 Å². The van der Waals surface area contributed by atoms with E-state index in [-0.39, 0.29) is 30.9 Å². The number of alkyl halides is 3. The summed E-state index contributed by atoms with van der Waals surface area (Å²) in [6, 6.07) is -0.213. The Morgan fingerprint density at radius 2 is 1.71 bits per heavy atom. The van der Waals surface area contributed by atoms with Crippen molar-refractivity contribution in [3.05, 3.63) is 52.4 Å². The van der Waals surface area contributed by atoms with E-state index in [2.05, 4.69) is 15.6 Å². The van der Waals surface area contributed by atoms with Crippen LogP contribution in [0.4, 0.5) is 31.1 Å². The Morgan fingerprint density at radius 1 is 1.05 bits per heavy atom. The number of alkyl carbamates (subject to hydrolysis) is 1. The summed E-state index contributed by atoms with van der Waals surface area (Å²) in [5.74, 6) is -6.57. The van der Waals surface area contributed by atoms with Crippen molar-refractivity contribution in [2.45, 2.75) is 84.3 Å². The first kappa shape index (κ1) is 32.7. The SMILES string of the molecule is CCCCNC(=O)c1nc(C(F)(F)F)n2c1CN(C(=O)C[C@@H](Cc1cc(F)c(F)cc1F)NC(=O)OC(C)(C)C)CC2. The predicted octanol–water partition coefficient (Wildman–Crippen LogP) is 4.72. The maximum atomic E-state index is 14.4. The highest BCUT2D eigenvalue weighted by Gasteiger charge is 2.42. The smallest absolute Gasteiger partial charge is 0.444 e. The molecule has 0 unspecified atom stereocenters. The van der Waals surface area contributed by atoms with Crippen molar-refractivity contribution in [2.75, 3.05) is 13.1 Å². The number of nitrogens with one attached hydrogen (secondary N) is 2. The van der Waals surface area contributed by atoms with Crippen molar-refractivity contribution >= 4 is 17.9 Å². The lowest BCUT2D eigenvalue weighted by molar-refractivity contribution is -0.148. The van der Waals surface area contributed by atoms with Crippen LogP contribution in [0.3, 0.4) is 0 Å². The van der Waals surface area contributed by atoms with E-state index in [9.17, 15) is 40.7 Å². The number of aromatic nitrogens is 2. The minimum Gasteiger partial charge on any atom is -0.444 e. The second-order valence-corrected chi connectivity index (χ2v) is 10.9. The van der Waals surface area contributed by atoms with E-state index in [0.29, 0.717) is 18.6 Å². The Kier molecular flexibility index (Phi) is 10.2. The maximum absolute atomic E-state index is 14.4. The molecule has 0 spiro atoms. The summed E-state index contributed by atoms with van der Waals surface area (Å²) in [5, 5.41) is 4.97. The van der Waals surface area contributed by atoms with E-state index in [1.807, 2.05) is 6.92 Å². The van der Waals surface area contributed by atoms with E-state index in [4.69, 9.17) is 4.74 Å². The van der Waals surface area contributed by atoms with Gasteiger partial charge >= 0.3 is 12.3 Å². The Bertz CT molecular complexity index is 1320. The molecule has 0 radical (unpaired) electrons. The van der Waals surface area contributed by atoms with Crippen molar-refractivity contribution in [1.82, 2.24) is 25.1 Å². The van der Waals surface area contributed by atoms with E-state index in [1.54, 1.807) is 20.8 Å². The van der Waals surface area contributed by atoms with E-state index < -0.39 is 84.1 Å². The van der Waals surface area contributed by atoms with Gasteiger partial charge in [0.2, 0.25) is 11.7 Å². The molecule has 1 aliphatic rings. The van der Waals surface area contributed by atoms with E-state index >= 15 is 0 Å². The fraction of sp³-hybridized carbons (Fsp3) is 0.556. The molecule has 3 rings (SSSR count). The molecule has 0 bridgehead atoms. The van der Waals surface area contributed by atoms with Crippen molar-refractivity contribution in [3.63, 3.8) is 0 Å². The van der Waals surface area contributed by atoms with Crippen LogP contribution in [-0.4, -0.2) is 57.1 Å². The van der Waals surface area contributed by atoms with E-state index in [0.717, 1.165) is 11.0 Å². The first-order chi connectivity index (χ1) is 19.5. The van der Waals surface area contributed by atoms with Crippen molar-refractivity contribution < 1.29 is 45.5 Å². The van der Waals surface area contributed by atoms with Crippen LogP contribution in [0.1, 0.15) is 74.5 Å². The lowest BCUT2D eigenvalue weighted by Crippen LogP contribution is -2.46. The van der Waals surface area contributed by atoms with Crippen LogP contribution in [0, 0.1) is 17.5 Å². The molecule has 0 fully saturated rings. The molecule has 9 nitrogen and oxygen atoms in total. The van der Waals surface area contributed by atoms with Gasteiger partial charge in [0.15, 0.2) is 17.3 Å². The van der Waals surface area contributed by atoms with Gasteiger partial charge < -0.3 is 24.8 Å². The highest BCUT2D eigenvalue weighted by atomic mass is 19.4. The number of ether oxygens (including phenoxy) is 1. The van der Waals surface area contributed by atoms with Gasteiger partial charge in [-0.05, 0) is 45.2 Å². The van der Waals surface area contributed by atoms with Crippen LogP contribution in [0.25, 0.3) is 0 Å². The Labute approximate surface area is 238 Å². The zero-order valence-corrected chi connectivity index (χ0v) is 23.6. The molecule has 232 valence electrons. The number of hydrogen-bond donors (Lipinski definition) is 2. The number of imidazole rings is 1. The number of fused-ring (bicyclic) bond motifs is 1. The van der Waals surface area contributed by atoms with Crippen LogP contribution in [0.5, 0.6) is 0 Å². The standard InChI is InChI=1S/C27H33F6N5O4/c1-5-6-7-34-23(40)22-20-14-37(8-9-38(20)24(36-22)27(31,32)33)21(39)12-16(35-25(41)42-26(2,3)4)10-15-11-18(29)19(30)13-17(15)28/h11,13,16H,5-10,12,14H2,1-4H3,(H,34,40)(H,35,41)/t16-/m1/s1. The number of amides is 3. The number of halogens is 6. The second kappa shape index (κ2) is 13.0. The van der Waals surface area contributed by atoms with Gasteiger partial charge in [0.1, 0.15) is 11.4 Å². The summed E-state index contributed by atoms with van der Waals surface area (Å²) in [4.78, 5) is 43.2. The first-order valence-corrected chi connectivity index (χ1v) is 13.4. The minimum absolute atomic E-state index is 0.112. The number of benzene rings is 1. The third kappa shape index (κ3) is 8.38. The Balaban J connectivity index is 1.86. The molecule has 1 atom stereocenters. The fourth-order valence-corrected chi connectivity index (χ4v) is 4.42. The average molecular weight is 606 g/mol. The van der Waals surface area contributed by atoms with Crippen LogP contribution in [-0.2, 0) is 35.2 Å². The Morgan fingerprint density at radius 3 is 2.33 bits per heavy atom. The third-order valence-corrected chi connectivity index (χ3v) is 6.34. The maximum Gasteiger partial charge on any atom is 0.449 e. The highest BCUT2D eigenvalue weighted by Crippen LogP contribution is 2.32. The molecule has 15 heteroatoms. The lowest BCUT2D eigenvalue weighted by Gasteiger charge is -2.31. The molecule has 2 N–H and O–H groups in total. The number of carbonyl (C=O) groups excluding carboxylic acids is 3. The monoisotopic (exact) mass is 605 g/mol. The summed E-state index contributed by atoms with van der Waals surface area (Å²) >= 11 is 0. The van der Waals surface area contributed by atoms with Gasteiger partial charge in [-0.1, -0.05) is 13.3 Å². The molecule has 1 aromatic carbocycles. The highest BCUT2D eigenvalue weighted by molar-refractivity contribution is 5.93. The lowest BCUT2D eigenvalue weighted by atomic mass is 10.0. The zero-order chi connectivity index (χ0) is 31.4. The molecule has 1 aliphatic heterocycles. The fourth-order valence-electron chi connectivity index (χ4n) is 4.42. The number of carbonyl (C=O) groups is 3. The van der Waals surface area contributed by atoms with Crippen LogP contribution < -0.4 is 10.6 Å². The molecule has 1 aromatic heterocycles. The van der Waals surface area contributed by atoms with Crippen LogP contribution in [0.15, 0.2) is 12.1 Å². The van der Waals surface area contributed by atoms with E-state index in [1.165, 1.54) is 4.90 Å². The van der Waals surface area contributed by atoms with Gasteiger partial charge in [-0.15, -0.1) is 0 Å². The number of unbranched alkanes of at least 4 members (excludes halogenated alkanes) is 1. The molecular formula is C27H33F6N5O4. The second-order valence-electron chi connectivity index (χ2n) is 10.9. The summed E-state index contributed by atoms with van der Waals surface area (Å²) in [5.41, 5.74) is -1.82. The van der Waals surface area contributed by atoms with Crippen molar-refractivity contribution in [1.29, 1.82) is 0 Å². The third-order valence-electron chi connectivity index (χ3n) is 6.34. The Hall–Kier alpha value is -3.78. The van der Waals surface area contributed by atoms with Gasteiger partial charge in [-0.25, -0.2) is 22.9 Å². The van der Waals surface area contributed by atoms with Crippen LogP contribution >= 0.6 is 0 Å². The van der Waals surface area contributed by atoms with Crippen molar-refractivity contribution in [2.24, 2.45) is 0 Å². The largest absolute Gasteiger partial charge is 0.449 e. The molecule has 3 amide bonds. The molecular weight excluding hydrogens is 572 g/mol. The molecule has 42 heavy (non-hydrogen) atoms. The van der Waals surface area contributed by atoms with Gasteiger partial charge in [0.25, 0.3) is 5.91 Å². The molecule has 2 heterocycles. The predicted molar refractivity (Wildman–Crippen MR) is 138 cm³/mol. The van der Waals surface area contributed by atoms with Crippen molar-refractivity contribution in [3.8, 4) is 0 Å². The quantitative estimate of drug-likeness (QED) is 0.245. The van der Waals surface area contributed by atoms with Crippen LogP contribution in [0.2, 0.25) is 0 Å². The average Bonchev–Trinajstić information content (AvgIpc) is 3.26. The molecule has 2 aromatic rings. The molecule has 0 aliphatic carbocycles. The summed E-state index contributed by atoms with van der Waals surface area (Å²) in [7, 11) is 0. The zero-order valence-electron chi connectivity index (χ0n) is 23.6. The van der Waals surface area contributed by atoms with Gasteiger partial charge in [0.05, 0.1) is 12.2 Å². The van der Waals surface area contributed by atoms with Gasteiger partial charge in [-0.2, -0.15) is 13.2 Å². The summed E-state index contributed by atoms with van der Waals surface area (Å²) in [6.07, 6.45) is -5.38. The number of rotatable bonds is 9. The summed E-state index contributed by atoms with van der Waals surface area (Å²) in [6.45, 7) is 5.98. The molecule has 0 saturated heterocycles. The molecule has 0 saturated carbocycles. The minimum atomic E-state index is -4.85.